The van der Waals surface area contributed by atoms with Gasteiger partial charge in [-0.1, -0.05) is 0 Å². The number of esters is 1. The van der Waals surface area contributed by atoms with Gasteiger partial charge in [-0.2, -0.15) is 0 Å². The van der Waals surface area contributed by atoms with E-state index in [1.807, 2.05) is 0 Å². The molecule has 0 unspecified atom stereocenters. The third kappa shape index (κ3) is 3.35. The van der Waals surface area contributed by atoms with Crippen molar-refractivity contribution in [2.75, 3.05) is 7.11 Å². The molecule has 2 rings (SSSR count). The van der Waals surface area contributed by atoms with Crippen molar-refractivity contribution in [2.45, 2.75) is 6.61 Å². The van der Waals surface area contributed by atoms with Gasteiger partial charge >= 0.3 is 5.97 Å². The fourth-order valence-electron chi connectivity index (χ4n) is 1.54. The van der Waals surface area contributed by atoms with E-state index in [1.165, 1.54) is 19.2 Å². The first-order chi connectivity index (χ1) is 10.0. The summed E-state index contributed by atoms with van der Waals surface area (Å²) in [4.78, 5) is 20.9. The van der Waals surface area contributed by atoms with Crippen LogP contribution in [0.25, 0.3) is 0 Å². The molecule has 0 amide bonds. The molecule has 21 heavy (non-hydrogen) atoms. The summed E-state index contributed by atoms with van der Waals surface area (Å²) >= 11 is 0. The van der Waals surface area contributed by atoms with Gasteiger partial charge < -0.3 is 13.9 Å². The maximum Gasteiger partial charge on any atom is 0.373 e. The number of ether oxygens (including phenoxy) is 2. The Morgan fingerprint density at radius 3 is 2.76 bits per heavy atom. The molecule has 1 heterocycles. The van der Waals surface area contributed by atoms with Crippen LogP contribution in [0.2, 0.25) is 0 Å². The van der Waals surface area contributed by atoms with Crippen molar-refractivity contribution in [2.24, 2.45) is 0 Å². The van der Waals surface area contributed by atoms with Crippen LogP contribution in [-0.2, 0) is 11.3 Å². The first-order valence-corrected chi connectivity index (χ1v) is 5.75. The number of benzene rings is 1. The lowest BCUT2D eigenvalue weighted by Crippen LogP contribution is -1.99. The maximum absolute atomic E-state index is 13.6. The second kappa shape index (κ2) is 6.04. The second-order valence-corrected chi connectivity index (χ2v) is 3.92. The summed E-state index contributed by atoms with van der Waals surface area (Å²) in [6.07, 6.45) is 0. The van der Waals surface area contributed by atoms with Crippen LogP contribution in [0, 0.1) is 15.9 Å². The lowest BCUT2D eigenvalue weighted by molar-refractivity contribution is -0.385. The predicted molar refractivity (Wildman–Crippen MR) is 67.4 cm³/mol. The Hall–Kier alpha value is -2.90. The minimum Gasteiger partial charge on any atom is -0.483 e. The molecule has 110 valence electrons. The highest BCUT2D eigenvalue weighted by Crippen LogP contribution is 2.23. The van der Waals surface area contributed by atoms with E-state index in [-0.39, 0.29) is 29.6 Å². The van der Waals surface area contributed by atoms with Crippen molar-refractivity contribution in [1.29, 1.82) is 0 Å². The van der Waals surface area contributed by atoms with Crippen LogP contribution < -0.4 is 4.74 Å². The lowest BCUT2D eigenvalue weighted by atomic mass is 10.3. The molecule has 0 aliphatic rings. The Kier molecular flexibility index (Phi) is 4.17. The van der Waals surface area contributed by atoms with E-state index in [4.69, 9.17) is 9.15 Å². The van der Waals surface area contributed by atoms with Gasteiger partial charge in [0, 0.05) is 6.07 Å². The van der Waals surface area contributed by atoms with E-state index in [1.54, 1.807) is 0 Å². The average Bonchev–Trinajstić information content (AvgIpc) is 2.93. The Balaban J connectivity index is 2.04. The van der Waals surface area contributed by atoms with E-state index in [9.17, 15) is 19.3 Å². The van der Waals surface area contributed by atoms with Crippen LogP contribution >= 0.6 is 0 Å². The zero-order valence-corrected chi connectivity index (χ0v) is 10.9. The number of non-ortho nitro benzene ring substituents is 1. The Labute approximate surface area is 118 Å². The summed E-state index contributed by atoms with van der Waals surface area (Å²) in [5.41, 5.74) is -0.370. The van der Waals surface area contributed by atoms with Crippen molar-refractivity contribution in [1.82, 2.24) is 0 Å². The number of nitro groups is 1. The van der Waals surface area contributed by atoms with Crippen LogP contribution in [0.5, 0.6) is 5.75 Å². The van der Waals surface area contributed by atoms with Gasteiger partial charge in [0.15, 0.2) is 11.6 Å². The largest absolute Gasteiger partial charge is 0.483 e. The van der Waals surface area contributed by atoms with Gasteiger partial charge in [0.2, 0.25) is 5.76 Å². The molecular formula is C13H10FNO6. The molecule has 0 N–H and O–H groups in total. The summed E-state index contributed by atoms with van der Waals surface area (Å²) in [6, 6.07) is 5.92. The summed E-state index contributed by atoms with van der Waals surface area (Å²) in [7, 11) is 1.22. The van der Waals surface area contributed by atoms with Crippen molar-refractivity contribution in [3.63, 3.8) is 0 Å². The summed E-state index contributed by atoms with van der Waals surface area (Å²) in [5.74, 6) is -1.36. The van der Waals surface area contributed by atoms with E-state index >= 15 is 0 Å². The first-order valence-electron chi connectivity index (χ1n) is 5.75. The van der Waals surface area contributed by atoms with Crippen LogP contribution in [0.1, 0.15) is 16.3 Å². The van der Waals surface area contributed by atoms with E-state index in [0.717, 1.165) is 18.2 Å². The molecule has 0 radical (unpaired) electrons. The Bertz CT molecular complexity index is 681. The first kappa shape index (κ1) is 14.5. The minimum atomic E-state index is -0.857. The molecule has 1 aromatic carbocycles. The number of carbonyl (C=O) groups excluding carboxylic acids is 1. The van der Waals surface area contributed by atoms with E-state index in [2.05, 4.69) is 4.74 Å². The number of methoxy groups -OCH3 is 1. The van der Waals surface area contributed by atoms with Gasteiger partial charge in [-0.25, -0.2) is 9.18 Å². The highest BCUT2D eigenvalue weighted by atomic mass is 19.1. The zero-order valence-electron chi connectivity index (χ0n) is 10.9. The molecule has 0 atom stereocenters. The molecule has 0 saturated heterocycles. The quantitative estimate of drug-likeness (QED) is 0.478. The number of hydrogen-bond donors (Lipinski definition) is 0. The van der Waals surface area contributed by atoms with Crippen molar-refractivity contribution >= 4 is 11.7 Å². The summed E-state index contributed by atoms with van der Waals surface area (Å²) < 4.78 is 28.3. The standard InChI is InChI=1S/C13H10FNO6/c1-19-13(16)12-5-3-9(21-12)7-20-11-4-2-8(15(17)18)6-10(11)14/h2-6H,7H2,1H3. The number of nitrogens with zero attached hydrogens (tertiary/aromatic N) is 1. The fraction of sp³-hybridized carbons (Fsp3) is 0.154. The zero-order chi connectivity index (χ0) is 15.4. The average molecular weight is 295 g/mol. The van der Waals surface area contributed by atoms with Gasteiger partial charge in [0.25, 0.3) is 5.69 Å². The van der Waals surface area contributed by atoms with Crippen LogP contribution in [0.4, 0.5) is 10.1 Å². The molecule has 0 spiro atoms. The maximum atomic E-state index is 13.6. The highest BCUT2D eigenvalue weighted by Gasteiger charge is 2.14. The molecule has 0 saturated carbocycles. The topological polar surface area (TPSA) is 91.8 Å². The van der Waals surface area contributed by atoms with Gasteiger partial charge in [-0.3, -0.25) is 10.1 Å². The van der Waals surface area contributed by atoms with Gasteiger partial charge in [-0.05, 0) is 18.2 Å². The normalized spacial score (nSPS) is 10.2. The summed E-state index contributed by atoms with van der Waals surface area (Å²) in [5, 5.41) is 10.5. The highest BCUT2D eigenvalue weighted by molar-refractivity contribution is 5.86. The van der Waals surface area contributed by atoms with Crippen molar-refractivity contribution in [3.05, 3.63) is 57.8 Å². The smallest absolute Gasteiger partial charge is 0.373 e. The molecule has 2 aromatic rings. The summed E-state index contributed by atoms with van der Waals surface area (Å²) in [6.45, 7) is -0.133. The molecule has 0 aliphatic carbocycles. The van der Waals surface area contributed by atoms with Gasteiger partial charge in [-0.15, -0.1) is 0 Å². The van der Waals surface area contributed by atoms with Crippen LogP contribution in [0.3, 0.4) is 0 Å². The Morgan fingerprint density at radius 1 is 1.38 bits per heavy atom. The third-order valence-electron chi connectivity index (χ3n) is 2.54. The fourth-order valence-corrected chi connectivity index (χ4v) is 1.54. The number of nitro benzene ring substituents is 1. The van der Waals surface area contributed by atoms with Crippen LogP contribution in [-0.4, -0.2) is 18.0 Å². The Morgan fingerprint density at radius 2 is 2.14 bits per heavy atom. The van der Waals surface area contributed by atoms with Gasteiger partial charge in [0.1, 0.15) is 12.4 Å². The molecule has 0 fully saturated rings. The van der Waals surface area contributed by atoms with E-state index < -0.39 is 16.7 Å². The molecule has 7 nitrogen and oxygen atoms in total. The monoisotopic (exact) mass is 295 g/mol. The third-order valence-corrected chi connectivity index (χ3v) is 2.54. The number of hydrogen-bond acceptors (Lipinski definition) is 6. The van der Waals surface area contributed by atoms with Crippen molar-refractivity contribution < 1.29 is 28.0 Å². The second-order valence-electron chi connectivity index (χ2n) is 3.92. The molecule has 1 aromatic heterocycles. The molecule has 8 heteroatoms. The number of carbonyl (C=O) groups is 1. The molecule has 0 aliphatic heterocycles. The number of halogens is 1. The minimum absolute atomic E-state index is 0.000251. The number of furan rings is 1. The molecule has 0 bridgehead atoms. The SMILES string of the molecule is COC(=O)c1ccc(COc2ccc([N+](=O)[O-])cc2F)o1. The van der Waals surface area contributed by atoms with Crippen molar-refractivity contribution in [3.8, 4) is 5.75 Å². The van der Waals surface area contributed by atoms with Gasteiger partial charge in [0.05, 0.1) is 18.1 Å². The molecular weight excluding hydrogens is 285 g/mol. The van der Waals surface area contributed by atoms with Crippen LogP contribution in [0.15, 0.2) is 34.7 Å². The number of rotatable bonds is 5. The lowest BCUT2D eigenvalue weighted by Gasteiger charge is -2.05. The van der Waals surface area contributed by atoms with E-state index in [0.29, 0.717) is 0 Å². The predicted octanol–water partition coefficient (Wildman–Crippen LogP) is 2.69.